The van der Waals surface area contributed by atoms with Crippen LogP contribution >= 0.6 is 24.0 Å². The van der Waals surface area contributed by atoms with Crippen molar-refractivity contribution in [3.8, 4) is 0 Å². The molecule has 2 saturated heterocycles. The number of thiocarbonyl (C=S) groups is 1. The first-order chi connectivity index (χ1) is 18.8. The van der Waals surface area contributed by atoms with Crippen molar-refractivity contribution in [2.75, 3.05) is 6.61 Å². The number of nitro groups is 1. The minimum atomic E-state index is -1.51. The van der Waals surface area contributed by atoms with Crippen LogP contribution < -0.4 is 0 Å². The van der Waals surface area contributed by atoms with E-state index in [1.165, 1.54) is 30.3 Å². The second kappa shape index (κ2) is 13.0. The number of rotatable bonds is 8. The molecule has 0 N–H and O–H groups in total. The maximum Gasteiger partial charge on any atom is 0.303 e. The number of nitrogens with zero attached hydrogens (tertiary/aromatic N) is 2. The van der Waals surface area contributed by atoms with Crippen LogP contribution in [0.2, 0.25) is 0 Å². The van der Waals surface area contributed by atoms with Gasteiger partial charge in [0, 0.05) is 39.8 Å². The van der Waals surface area contributed by atoms with Gasteiger partial charge in [-0.1, -0.05) is 24.0 Å². The fourth-order valence-corrected chi connectivity index (χ4v) is 5.27. The van der Waals surface area contributed by atoms with Crippen molar-refractivity contribution in [1.82, 2.24) is 4.90 Å². The summed E-state index contributed by atoms with van der Waals surface area (Å²) in [5.41, 5.74) is 0.329. The number of carbonyl (C=O) groups is 5. The molecule has 40 heavy (non-hydrogen) atoms. The molecule has 0 bridgehead atoms. The number of amides is 1. The summed E-state index contributed by atoms with van der Waals surface area (Å²) in [5.74, 6) is -3.81. The molecule has 1 aromatic carbocycles. The highest BCUT2D eigenvalue weighted by Gasteiger charge is 2.56. The Labute approximate surface area is 237 Å². The van der Waals surface area contributed by atoms with Crippen molar-refractivity contribution in [3.63, 3.8) is 0 Å². The molecular weight excluding hydrogens is 572 g/mol. The zero-order valence-corrected chi connectivity index (χ0v) is 23.2. The van der Waals surface area contributed by atoms with E-state index < -0.39 is 72.0 Å². The van der Waals surface area contributed by atoms with Gasteiger partial charge in [0.1, 0.15) is 12.7 Å². The summed E-state index contributed by atoms with van der Waals surface area (Å²) in [5, 5.41) is 10.9. The van der Waals surface area contributed by atoms with Crippen molar-refractivity contribution in [2.45, 2.75) is 58.3 Å². The Morgan fingerprint density at radius 1 is 0.975 bits per heavy atom. The lowest BCUT2D eigenvalue weighted by atomic mass is 9.96. The number of hydrogen-bond donors (Lipinski definition) is 0. The molecule has 0 saturated carbocycles. The first kappa shape index (κ1) is 30.6. The molecule has 2 fully saturated rings. The molecule has 0 unspecified atom stereocenters. The fourth-order valence-electron chi connectivity index (χ4n) is 3.96. The summed E-state index contributed by atoms with van der Waals surface area (Å²) in [7, 11) is 0. The first-order valence-electron chi connectivity index (χ1n) is 11.6. The lowest BCUT2D eigenvalue weighted by Gasteiger charge is -2.46. The predicted molar refractivity (Wildman–Crippen MR) is 140 cm³/mol. The summed E-state index contributed by atoms with van der Waals surface area (Å²) in [4.78, 5) is 72.6. The standard InChI is InChI=1S/C24H24N2O12S2/c1-11(27)34-10-17-19(35-12(2)28)20(36-13(3)29)21(37-14(4)30)23(38-17)25-22(31)18(40-24(25)39)9-15-5-7-16(8-6-15)26(32)33/h5-9,17,19-21,23H,10H2,1-4H3/b18-9+/t17-,19-,20+,21+,23-/m1/s1. The van der Waals surface area contributed by atoms with Gasteiger partial charge in [0.15, 0.2) is 28.9 Å². The molecule has 1 amide bonds. The Kier molecular flexibility index (Phi) is 9.94. The van der Waals surface area contributed by atoms with Crippen LogP contribution in [0.1, 0.15) is 33.3 Å². The van der Waals surface area contributed by atoms with E-state index >= 15 is 0 Å². The summed E-state index contributed by atoms with van der Waals surface area (Å²) in [6.07, 6.45) is -5.69. The minimum absolute atomic E-state index is 0.0148. The third kappa shape index (κ3) is 7.40. The number of nitro benzene ring substituents is 1. The molecule has 2 heterocycles. The summed E-state index contributed by atoms with van der Waals surface area (Å²) in [6, 6.07) is 5.43. The molecule has 3 rings (SSSR count). The molecule has 5 atom stereocenters. The monoisotopic (exact) mass is 596 g/mol. The van der Waals surface area contributed by atoms with E-state index in [0.717, 1.165) is 44.4 Å². The lowest BCUT2D eigenvalue weighted by molar-refractivity contribution is -0.384. The number of hydrogen-bond acceptors (Lipinski definition) is 14. The van der Waals surface area contributed by atoms with Gasteiger partial charge in [-0.25, -0.2) is 0 Å². The van der Waals surface area contributed by atoms with E-state index in [1.807, 2.05) is 0 Å². The molecule has 0 aliphatic carbocycles. The molecule has 0 aromatic heterocycles. The van der Waals surface area contributed by atoms with Crippen LogP contribution in [0.15, 0.2) is 29.2 Å². The molecule has 2 aliphatic rings. The van der Waals surface area contributed by atoms with Crippen LogP contribution in [-0.2, 0) is 47.7 Å². The smallest absolute Gasteiger partial charge is 0.303 e. The number of non-ortho nitro benzene ring substituents is 1. The molecule has 0 radical (unpaired) electrons. The van der Waals surface area contributed by atoms with Crippen LogP contribution in [0.25, 0.3) is 6.08 Å². The third-order valence-corrected chi connectivity index (χ3v) is 6.78. The Hall–Kier alpha value is -3.89. The van der Waals surface area contributed by atoms with Crippen molar-refractivity contribution >= 4 is 69.8 Å². The largest absolute Gasteiger partial charge is 0.463 e. The van der Waals surface area contributed by atoms with Crippen LogP contribution in [-0.4, -0.2) is 81.2 Å². The van der Waals surface area contributed by atoms with Gasteiger partial charge in [0.25, 0.3) is 11.6 Å². The average Bonchev–Trinajstić information content (AvgIpc) is 3.12. The molecular formula is C24H24N2O12S2. The van der Waals surface area contributed by atoms with Crippen molar-refractivity contribution in [1.29, 1.82) is 0 Å². The van der Waals surface area contributed by atoms with Gasteiger partial charge in [-0.2, -0.15) is 0 Å². The lowest BCUT2D eigenvalue weighted by Crippen LogP contribution is -2.66. The maximum atomic E-state index is 13.5. The third-order valence-electron chi connectivity index (χ3n) is 5.45. The Morgan fingerprint density at radius 2 is 1.52 bits per heavy atom. The van der Waals surface area contributed by atoms with Crippen LogP contribution in [0.3, 0.4) is 0 Å². The van der Waals surface area contributed by atoms with E-state index in [-0.39, 0.29) is 14.9 Å². The average molecular weight is 597 g/mol. The highest BCUT2D eigenvalue weighted by molar-refractivity contribution is 8.26. The zero-order valence-electron chi connectivity index (χ0n) is 21.6. The minimum Gasteiger partial charge on any atom is -0.463 e. The molecule has 1 aromatic rings. The van der Waals surface area contributed by atoms with E-state index in [4.69, 9.17) is 35.9 Å². The summed E-state index contributed by atoms with van der Waals surface area (Å²) in [6.45, 7) is 3.91. The SMILES string of the molecule is CC(=O)OC[C@H]1O[C@@H](N2C(=O)/C(=C\c3ccc([N+](=O)[O-])cc3)SC2=S)[C@@H](OC(C)=O)[C@@H](OC(C)=O)[C@@H]1OC(C)=O. The van der Waals surface area contributed by atoms with Gasteiger partial charge in [-0.05, 0) is 23.8 Å². The summed E-state index contributed by atoms with van der Waals surface area (Å²) >= 11 is 6.31. The predicted octanol–water partition coefficient (Wildman–Crippen LogP) is 1.88. The molecule has 14 nitrogen and oxygen atoms in total. The number of carbonyl (C=O) groups excluding carboxylic acids is 5. The normalized spacial score (nSPS) is 25.4. The summed E-state index contributed by atoms with van der Waals surface area (Å²) < 4.78 is 27.2. The fraction of sp³-hybridized carbons (Fsp3) is 0.417. The van der Waals surface area contributed by atoms with E-state index in [0.29, 0.717) is 5.56 Å². The van der Waals surface area contributed by atoms with Gasteiger partial charge in [-0.3, -0.25) is 39.0 Å². The Bertz CT molecular complexity index is 1260. The second-order valence-electron chi connectivity index (χ2n) is 8.49. The van der Waals surface area contributed by atoms with Gasteiger partial charge in [-0.15, -0.1) is 0 Å². The van der Waals surface area contributed by atoms with Crippen molar-refractivity contribution in [2.24, 2.45) is 0 Å². The highest BCUT2D eigenvalue weighted by atomic mass is 32.2. The molecule has 16 heteroatoms. The second-order valence-corrected chi connectivity index (χ2v) is 10.2. The van der Waals surface area contributed by atoms with Gasteiger partial charge < -0.3 is 23.7 Å². The van der Waals surface area contributed by atoms with Crippen LogP contribution in [0.5, 0.6) is 0 Å². The maximum absolute atomic E-state index is 13.5. The van der Waals surface area contributed by atoms with Crippen molar-refractivity contribution < 1.29 is 52.6 Å². The molecule has 0 spiro atoms. The van der Waals surface area contributed by atoms with E-state index in [9.17, 15) is 34.1 Å². The molecule has 2 aliphatic heterocycles. The topological polar surface area (TPSA) is 178 Å². The van der Waals surface area contributed by atoms with Gasteiger partial charge in [0.05, 0.1) is 9.83 Å². The first-order valence-corrected chi connectivity index (χ1v) is 12.8. The van der Waals surface area contributed by atoms with Crippen LogP contribution in [0, 0.1) is 10.1 Å². The van der Waals surface area contributed by atoms with Crippen LogP contribution in [0.4, 0.5) is 5.69 Å². The Morgan fingerprint density at radius 3 is 2.05 bits per heavy atom. The van der Waals surface area contributed by atoms with E-state index in [1.54, 1.807) is 0 Å². The number of ether oxygens (including phenoxy) is 5. The van der Waals surface area contributed by atoms with E-state index in [2.05, 4.69) is 0 Å². The Balaban J connectivity index is 2.03. The number of benzene rings is 1. The van der Waals surface area contributed by atoms with Gasteiger partial charge in [0.2, 0.25) is 0 Å². The quantitative estimate of drug-likeness (QED) is 0.106. The van der Waals surface area contributed by atoms with Gasteiger partial charge >= 0.3 is 23.9 Å². The van der Waals surface area contributed by atoms with Crippen molar-refractivity contribution in [3.05, 3.63) is 44.8 Å². The number of thioether (sulfide) groups is 1. The zero-order chi connectivity index (χ0) is 29.7. The molecule has 214 valence electrons. The highest BCUT2D eigenvalue weighted by Crippen LogP contribution is 2.39. The number of esters is 4.